The van der Waals surface area contributed by atoms with Crippen molar-refractivity contribution in [3.63, 3.8) is 0 Å². The monoisotopic (exact) mass is 378 g/mol. The van der Waals surface area contributed by atoms with Gasteiger partial charge in [-0.2, -0.15) is 0 Å². The van der Waals surface area contributed by atoms with Gasteiger partial charge in [-0.25, -0.2) is 0 Å². The van der Waals surface area contributed by atoms with Gasteiger partial charge in [-0.15, -0.1) is 0 Å². The van der Waals surface area contributed by atoms with Crippen LogP contribution in [-0.2, 0) is 6.42 Å². The Morgan fingerprint density at radius 1 is 0.957 bits per heavy atom. The molecule has 2 aromatic rings. The fraction of sp³-hybridized carbons (Fsp3) is 0.368. The second-order valence-corrected chi connectivity index (χ2v) is 5.98. The molecule has 0 radical (unpaired) electrons. The van der Waals surface area contributed by atoms with Gasteiger partial charge in [0.25, 0.3) is 0 Å². The van der Waals surface area contributed by atoms with Crippen molar-refractivity contribution in [2.24, 2.45) is 0 Å². The van der Waals surface area contributed by atoms with Crippen LogP contribution in [0, 0.1) is 0 Å². The first-order chi connectivity index (χ1) is 11.3. The van der Waals surface area contributed by atoms with Gasteiger partial charge < -0.3 is 14.2 Å². The van der Waals surface area contributed by atoms with Gasteiger partial charge in [0, 0.05) is 5.33 Å². The molecule has 23 heavy (non-hydrogen) atoms. The minimum atomic E-state index is 0.723. The van der Waals surface area contributed by atoms with E-state index in [0.717, 1.165) is 54.2 Å². The highest BCUT2D eigenvalue weighted by molar-refractivity contribution is 9.09. The minimum Gasteiger partial charge on any atom is -0.497 e. The highest BCUT2D eigenvalue weighted by atomic mass is 79.9. The molecule has 0 bridgehead atoms. The molecule has 0 aliphatic heterocycles. The van der Waals surface area contributed by atoms with Gasteiger partial charge in [0.1, 0.15) is 23.0 Å². The number of halogens is 1. The standard InChI is InChI=1S/C19H23BrO3/c1-3-5-15-14-18(10-11-19(15)22-13-4-12-20)23-17-8-6-16(21-2)7-9-17/h6-11,14H,3-5,12-13H2,1-2H3. The van der Waals surface area contributed by atoms with Gasteiger partial charge in [0.15, 0.2) is 0 Å². The lowest BCUT2D eigenvalue weighted by Crippen LogP contribution is -2.01. The average molecular weight is 379 g/mol. The molecule has 4 heteroatoms. The van der Waals surface area contributed by atoms with E-state index in [9.17, 15) is 0 Å². The van der Waals surface area contributed by atoms with Crippen LogP contribution in [0.3, 0.4) is 0 Å². The maximum absolute atomic E-state index is 5.93. The highest BCUT2D eigenvalue weighted by Crippen LogP contribution is 2.29. The SMILES string of the molecule is CCCc1cc(Oc2ccc(OC)cc2)ccc1OCCCBr. The molecule has 0 saturated heterocycles. The first-order valence-corrected chi connectivity index (χ1v) is 9.02. The fourth-order valence-corrected chi connectivity index (χ4v) is 2.47. The number of hydrogen-bond acceptors (Lipinski definition) is 3. The smallest absolute Gasteiger partial charge is 0.127 e. The van der Waals surface area contributed by atoms with E-state index in [2.05, 4.69) is 28.9 Å². The summed E-state index contributed by atoms with van der Waals surface area (Å²) in [5.74, 6) is 3.39. The molecule has 0 N–H and O–H groups in total. The molecule has 124 valence electrons. The molecular weight excluding hydrogens is 356 g/mol. The largest absolute Gasteiger partial charge is 0.497 e. The Bertz CT molecular complexity index is 596. The molecule has 0 spiro atoms. The lowest BCUT2D eigenvalue weighted by molar-refractivity contribution is 0.315. The third-order valence-electron chi connectivity index (χ3n) is 3.38. The first-order valence-electron chi connectivity index (χ1n) is 7.90. The third kappa shape index (κ3) is 5.47. The lowest BCUT2D eigenvalue weighted by Gasteiger charge is -2.13. The van der Waals surface area contributed by atoms with E-state index in [-0.39, 0.29) is 0 Å². The predicted octanol–water partition coefficient (Wildman–Crippen LogP) is 5.60. The van der Waals surface area contributed by atoms with Crippen molar-refractivity contribution in [2.45, 2.75) is 26.2 Å². The number of benzene rings is 2. The van der Waals surface area contributed by atoms with Crippen LogP contribution in [-0.4, -0.2) is 19.0 Å². The number of methoxy groups -OCH3 is 1. The van der Waals surface area contributed by atoms with Crippen molar-refractivity contribution in [3.05, 3.63) is 48.0 Å². The lowest BCUT2D eigenvalue weighted by atomic mass is 10.1. The molecule has 2 aromatic carbocycles. The molecule has 0 saturated carbocycles. The molecule has 0 unspecified atom stereocenters. The van der Waals surface area contributed by atoms with Crippen molar-refractivity contribution in [1.82, 2.24) is 0 Å². The summed E-state index contributed by atoms with van der Waals surface area (Å²) in [6, 6.07) is 13.6. The van der Waals surface area contributed by atoms with Crippen molar-refractivity contribution in [3.8, 4) is 23.0 Å². The number of alkyl halides is 1. The van der Waals surface area contributed by atoms with Crippen LogP contribution in [0.4, 0.5) is 0 Å². The van der Waals surface area contributed by atoms with E-state index >= 15 is 0 Å². The van der Waals surface area contributed by atoms with Gasteiger partial charge in [-0.1, -0.05) is 29.3 Å². The summed E-state index contributed by atoms with van der Waals surface area (Å²) in [4.78, 5) is 0. The summed E-state index contributed by atoms with van der Waals surface area (Å²) in [7, 11) is 1.65. The Balaban J connectivity index is 2.10. The molecule has 0 heterocycles. The summed E-state index contributed by atoms with van der Waals surface area (Å²) < 4.78 is 16.9. The Morgan fingerprint density at radius 3 is 2.30 bits per heavy atom. The van der Waals surface area contributed by atoms with Gasteiger partial charge in [-0.3, -0.25) is 0 Å². The Kier molecular flexibility index (Phi) is 7.27. The second-order valence-electron chi connectivity index (χ2n) is 5.19. The van der Waals surface area contributed by atoms with Crippen LogP contribution in [0.15, 0.2) is 42.5 Å². The number of rotatable bonds is 9. The van der Waals surface area contributed by atoms with Crippen molar-refractivity contribution >= 4 is 15.9 Å². The van der Waals surface area contributed by atoms with Crippen molar-refractivity contribution in [2.75, 3.05) is 19.0 Å². The zero-order valence-electron chi connectivity index (χ0n) is 13.7. The van der Waals surface area contributed by atoms with Crippen molar-refractivity contribution < 1.29 is 14.2 Å². The third-order valence-corrected chi connectivity index (χ3v) is 3.94. The number of aryl methyl sites for hydroxylation is 1. The van der Waals surface area contributed by atoms with Gasteiger partial charge in [0.2, 0.25) is 0 Å². The topological polar surface area (TPSA) is 27.7 Å². The van der Waals surface area contributed by atoms with E-state index in [1.807, 2.05) is 36.4 Å². The quantitative estimate of drug-likeness (QED) is 0.419. The molecule has 0 aliphatic carbocycles. The summed E-state index contributed by atoms with van der Waals surface area (Å²) in [5, 5.41) is 0.953. The van der Waals surface area contributed by atoms with E-state index in [4.69, 9.17) is 14.2 Å². The average Bonchev–Trinajstić information content (AvgIpc) is 2.58. The molecule has 0 aromatic heterocycles. The summed E-state index contributed by atoms with van der Waals surface area (Å²) in [6.07, 6.45) is 3.04. The van der Waals surface area contributed by atoms with Crippen molar-refractivity contribution in [1.29, 1.82) is 0 Å². The van der Waals surface area contributed by atoms with Gasteiger partial charge in [-0.05, 0) is 60.9 Å². The van der Waals surface area contributed by atoms with Crippen LogP contribution in [0.25, 0.3) is 0 Å². The van der Waals surface area contributed by atoms with Crippen LogP contribution in [0.1, 0.15) is 25.3 Å². The highest BCUT2D eigenvalue weighted by Gasteiger charge is 2.07. The van der Waals surface area contributed by atoms with Crippen LogP contribution < -0.4 is 14.2 Å². The molecule has 0 aliphatic rings. The van der Waals surface area contributed by atoms with Gasteiger partial charge in [0.05, 0.1) is 13.7 Å². The molecule has 2 rings (SSSR count). The molecule has 0 atom stereocenters. The Labute approximate surface area is 146 Å². The Hall–Kier alpha value is -1.68. The minimum absolute atomic E-state index is 0.723. The predicted molar refractivity (Wildman–Crippen MR) is 97.4 cm³/mol. The maximum atomic E-state index is 5.93. The molecular formula is C19H23BrO3. The summed E-state index contributed by atoms with van der Waals surface area (Å²) in [6.45, 7) is 2.89. The molecule has 3 nitrogen and oxygen atoms in total. The van der Waals surface area contributed by atoms with Gasteiger partial charge >= 0.3 is 0 Å². The van der Waals surface area contributed by atoms with Crippen LogP contribution >= 0.6 is 15.9 Å². The summed E-state index contributed by atoms with van der Waals surface area (Å²) >= 11 is 3.42. The van der Waals surface area contributed by atoms with E-state index in [1.165, 1.54) is 5.56 Å². The zero-order valence-corrected chi connectivity index (χ0v) is 15.3. The van der Waals surface area contributed by atoms with E-state index in [0.29, 0.717) is 0 Å². The van der Waals surface area contributed by atoms with E-state index < -0.39 is 0 Å². The molecule has 0 amide bonds. The zero-order chi connectivity index (χ0) is 16.5. The van der Waals surface area contributed by atoms with Crippen LogP contribution in [0.5, 0.6) is 23.0 Å². The molecule has 0 fully saturated rings. The Morgan fingerprint density at radius 2 is 1.65 bits per heavy atom. The number of hydrogen-bond donors (Lipinski definition) is 0. The summed E-state index contributed by atoms with van der Waals surface area (Å²) in [5.41, 5.74) is 1.19. The van der Waals surface area contributed by atoms with Crippen LogP contribution in [0.2, 0.25) is 0 Å². The number of ether oxygens (including phenoxy) is 3. The van der Waals surface area contributed by atoms with E-state index in [1.54, 1.807) is 7.11 Å². The second kappa shape index (κ2) is 9.46. The fourth-order valence-electron chi connectivity index (χ4n) is 2.24. The maximum Gasteiger partial charge on any atom is 0.127 e. The first kappa shape index (κ1) is 17.7. The normalized spacial score (nSPS) is 10.4.